The number of ether oxygens (including phenoxy) is 1. The van der Waals surface area contributed by atoms with Gasteiger partial charge in [-0.2, -0.15) is 5.10 Å². The number of allylic oxidation sites excluding steroid dienone is 2. The van der Waals surface area contributed by atoms with Gasteiger partial charge in [-0.05, 0) is 48.5 Å². The SMILES string of the molecule is C(=NNC1=NCCCCC1)C1=C(N2CCOCC2)C(=Cc2ccccc2)CC1. The lowest BCUT2D eigenvalue weighted by Gasteiger charge is -2.31. The molecule has 0 saturated carbocycles. The Bertz CT molecular complexity index is 773. The molecule has 0 spiro atoms. The van der Waals surface area contributed by atoms with Crippen molar-refractivity contribution in [2.24, 2.45) is 10.1 Å². The van der Waals surface area contributed by atoms with Gasteiger partial charge in [-0.15, -0.1) is 0 Å². The molecule has 1 saturated heterocycles. The van der Waals surface area contributed by atoms with Gasteiger partial charge in [0.2, 0.25) is 0 Å². The van der Waals surface area contributed by atoms with Gasteiger partial charge < -0.3 is 9.64 Å². The number of morpholine rings is 1. The van der Waals surface area contributed by atoms with Crippen molar-refractivity contribution in [1.82, 2.24) is 10.3 Å². The summed E-state index contributed by atoms with van der Waals surface area (Å²) in [5.74, 6) is 1.03. The summed E-state index contributed by atoms with van der Waals surface area (Å²) in [6.45, 7) is 4.39. The van der Waals surface area contributed by atoms with Gasteiger partial charge >= 0.3 is 0 Å². The molecule has 4 rings (SSSR count). The lowest BCUT2D eigenvalue weighted by atomic mass is 10.1. The van der Waals surface area contributed by atoms with Gasteiger partial charge in [-0.1, -0.05) is 36.8 Å². The normalized spacial score (nSPS) is 22.6. The highest BCUT2D eigenvalue weighted by Crippen LogP contribution is 2.34. The van der Waals surface area contributed by atoms with Gasteiger partial charge in [-0.25, -0.2) is 0 Å². The molecular formula is C23H30N4O. The Morgan fingerprint density at radius 1 is 1.00 bits per heavy atom. The van der Waals surface area contributed by atoms with Gasteiger partial charge in [0.25, 0.3) is 0 Å². The minimum Gasteiger partial charge on any atom is -0.378 e. The zero-order valence-electron chi connectivity index (χ0n) is 16.6. The second-order valence-electron chi connectivity index (χ2n) is 7.56. The van der Waals surface area contributed by atoms with Crippen molar-refractivity contribution in [1.29, 1.82) is 0 Å². The Kier molecular flexibility index (Phi) is 6.56. The van der Waals surface area contributed by atoms with Gasteiger partial charge in [-0.3, -0.25) is 10.4 Å². The van der Waals surface area contributed by atoms with E-state index < -0.39 is 0 Å². The van der Waals surface area contributed by atoms with Gasteiger partial charge in [0, 0.05) is 31.8 Å². The third kappa shape index (κ3) is 4.90. The molecule has 28 heavy (non-hydrogen) atoms. The van der Waals surface area contributed by atoms with Crippen molar-refractivity contribution >= 4 is 18.1 Å². The Labute approximate surface area is 167 Å². The highest BCUT2D eigenvalue weighted by Gasteiger charge is 2.25. The van der Waals surface area contributed by atoms with Crippen LogP contribution in [0, 0.1) is 0 Å². The molecule has 1 aliphatic carbocycles. The summed E-state index contributed by atoms with van der Waals surface area (Å²) in [5.41, 5.74) is 8.52. The first kappa shape index (κ1) is 18.9. The van der Waals surface area contributed by atoms with E-state index in [9.17, 15) is 0 Å². The lowest BCUT2D eigenvalue weighted by molar-refractivity contribution is 0.0548. The van der Waals surface area contributed by atoms with Gasteiger partial charge in [0.15, 0.2) is 0 Å². The lowest BCUT2D eigenvalue weighted by Crippen LogP contribution is -2.36. The highest BCUT2D eigenvalue weighted by atomic mass is 16.5. The summed E-state index contributed by atoms with van der Waals surface area (Å²) < 4.78 is 5.57. The zero-order chi connectivity index (χ0) is 19.0. The first-order valence-electron chi connectivity index (χ1n) is 10.5. The van der Waals surface area contributed by atoms with Crippen molar-refractivity contribution in [3.05, 3.63) is 52.7 Å². The first-order valence-corrected chi connectivity index (χ1v) is 10.5. The molecule has 0 atom stereocenters. The molecule has 148 valence electrons. The van der Waals surface area contributed by atoms with Crippen LogP contribution in [-0.2, 0) is 4.74 Å². The number of hydrazone groups is 1. The molecule has 0 unspecified atom stereocenters. The fourth-order valence-corrected chi connectivity index (χ4v) is 4.07. The molecule has 0 aromatic heterocycles. The zero-order valence-corrected chi connectivity index (χ0v) is 16.6. The number of nitrogens with one attached hydrogen (secondary N) is 1. The minimum atomic E-state index is 0.793. The molecular weight excluding hydrogens is 348 g/mol. The van der Waals surface area contributed by atoms with Crippen LogP contribution in [0.5, 0.6) is 0 Å². The van der Waals surface area contributed by atoms with Crippen LogP contribution in [0.3, 0.4) is 0 Å². The molecule has 5 nitrogen and oxygen atoms in total. The molecule has 0 radical (unpaired) electrons. The number of rotatable bonds is 4. The number of benzene rings is 1. The van der Waals surface area contributed by atoms with Crippen molar-refractivity contribution in [2.45, 2.75) is 38.5 Å². The van der Waals surface area contributed by atoms with E-state index in [-0.39, 0.29) is 0 Å². The quantitative estimate of drug-likeness (QED) is 0.636. The molecule has 3 aliphatic rings. The van der Waals surface area contributed by atoms with E-state index in [0.717, 1.165) is 57.9 Å². The molecule has 0 amide bonds. The molecule has 1 aromatic carbocycles. The Balaban J connectivity index is 1.55. The van der Waals surface area contributed by atoms with Crippen LogP contribution < -0.4 is 5.43 Å². The van der Waals surface area contributed by atoms with Crippen LogP contribution >= 0.6 is 0 Å². The topological polar surface area (TPSA) is 49.2 Å². The van der Waals surface area contributed by atoms with E-state index in [0.29, 0.717) is 0 Å². The van der Waals surface area contributed by atoms with E-state index in [4.69, 9.17) is 4.74 Å². The summed E-state index contributed by atoms with van der Waals surface area (Å²) in [7, 11) is 0. The summed E-state index contributed by atoms with van der Waals surface area (Å²) in [4.78, 5) is 7.07. The van der Waals surface area contributed by atoms with Crippen LogP contribution in [0.25, 0.3) is 6.08 Å². The Morgan fingerprint density at radius 2 is 1.86 bits per heavy atom. The van der Waals surface area contributed by atoms with Gasteiger partial charge in [0.05, 0.1) is 19.4 Å². The Hall–Kier alpha value is -2.40. The second-order valence-corrected chi connectivity index (χ2v) is 7.56. The van der Waals surface area contributed by atoms with E-state index >= 15 is 0 Å². The van der Waals surface area contributed by atoms with E-state index in [1.807, 2.05) is 6.21 Å². The molecule has 1 N–H and O–H groups in total. The van der Waals surface area contributed by atoms with Crippen molar-refractivity contribution in [3.8, 4) is 0 Å². The summed E-state index contributed by atoms with van der Waals surface area (Å²) >= 11 is 0. The maximum Gasteiger partial charge on any atom is 0.117 e. The third-order valence-electron chi connectivity index (χ3n) is 5.53. The fourth-order valence-electron chi connectivity index (χ4n) is 4.07. The number of nitrogens with zero attached hydrogens (tertiary/aromatic N) is 3. The monoisotopic (exact) mass is 378 g/mol. The smallest absolute Gasteiger partial charge is 0.117 e. The van der Waals surface area contributed by atoms with Crippen molar-refractivity contribution < 1.29 is 4.74 Å². The largest absolute Gasteiger partial charge is 0.378 e. The third-order valence-corrected chi connectivity index (χ3v) is 5.53. The van der Waals surface area contributed by atoms with Crippen molar-refractivity contribution in [3.63, 3.8) is 0 Å². The number of hydrogen-bond donors (Lipinski definition) is 1. The van der Waals surface area contributed by atoms with Gasteiger partial charge in [0.1, 0.15) is 5.84 Å². The molecule has 2 aliphatic heterocycles. The molecule has 5 heteroatoms. The predicted octanol–water partition coefficient (Wildman–Crippen LogP) is 4.00. The number of amidine groups is 1. The maximum atomic E-state index is 5.57. The molecule has 1 aromatic rings. The Morgan fingerprint density at radius 3 is 2.71 bits per heavy atom. The number of aliphatic imine (C=N–C) groups is 1. The molecule has 0 bridgehead atoms. The highest BCUT2D eigenvalue weighted by molar-refractivity contribution is 5.87. The average Bonchev–Trinajstić information content (AvgIpc) is 2.95. The van der Waals surface area contributed by atoms with Crippen LogP contribution in [0.1, 0.15) is 44.1 Å². The summed E-state index contributed by atoms with van der Waals surface area (Å²) in [6.07, 6.45) is 11.1. The first-order chi connectivity index (χ1) is 13.9. The average molecular weight is 379 g/mol. The number of hydrogen-bond acceptors (Lipinski definition) is 5. The summed E-state index contributed by atoms with van der Waals surface area (Å²) in [6, 6.07) is 10.6. The molecule has 2 heterocycles. The minimum absolute atomic E-state index is 0.793. The van der Waals surface area contributed by atoms with E-state index in [1.54, 1.807) is 0 Å². The van der Waals surface area contributed by atoms with E-state index in [1.165, 1.54) is 41.7 Å². The predicted molar refractivity (Wildman–Crippen MR) is 115 cm³/mol. The second kappa shape index (κ2) is 9.69. The van der Waals surface area contributed by atoms with E-state index in [2.05, 4.69) is 56.8 Å². The van der Waals surface area contributed by atoms with Crippen LogP contribution in [0.2, 0.25) is 0 Å². The summed E-state index contributed by atoms with van der Waals surface area (Å²) in [5, 5.41) is 4.56. The standard InChI is InChI=1S/C23H30N4O/c1-3-7-19(8-4-1)17-20-10-11-21(23(20)27-13-15-28-16-14-27)18-25-26-22-9-5-2-6-12-24-22/h1,3-4,7-8,17-18H,2,5-6,9-16H2,(H,24,26). The molecule has 1 fully saturated rings. The van der Waals surface area contributed by atoms with Crippen LogP contribution in [-0.4, -0.2) is 49.8 Å². The maximum absolute atomic E-state index is 5.57. The van der Waals surface area contributed by atoms with Crippen LogP contribution in [0.15, 0.2) is 57.3 Å². The van der Waals surface area contributed by atoms with Crippen molar-refractivity contribution in [2.75, 3.05) is 32.8 Å². The van der Waals surface area contributed by atoms with Crippen LogP contribution in [0.4, 0.5) is 0 Å². The fraction of sp³-hybridized carbons (Fsp3) is 0.478.